The molecule has 4 rings (SSSR count). The number of unbranched alkanes of at least 4 members (excludes halogenated alkanes) is 1. The summed E-state index contributed by atoms with van der Waals surface area (Å²) in [6.07, 6.45) is 11.2. The van der Waals surface area contributed by atoms with Gasteiger partial charge in [0.1, 0.15) is 5.75 Å². The largest absolute Gasteiger partial charge is 0.453 e. The van der Waals surface area contributed by atoms with Gasteiger partial charge in [0, 0.05) is 17.7 Å². The van der Waals surface area contributed by atoms with Gasteiger partial charge in [-0.05, 0) is 47.9 Å². The Bertz CT molecular complexity index is 1140. The summed E-state index contributed by atoms with van der Waals surface area (Å²) < 4.78 is 74.4. The van der Waals surface area contributed by atoms with E-state index >= 15 is 0 Å². The lowest BCUT2D eigenvalue weighted by Crippen LogP contribution is -2.15. The van der Waals surface area contributed by atoms with Crippen LogP contribution in [0.3, 0.4) is 0 Å². The van der Waals surface area contributed by atoms with E-state index in [1.807, 2.05) is 12.1 Å². The van der Waals surface area contributed by atoms with E-state index in [4.69, 9.17) is 4.74 Å². The Morgan fingerprint density at radius 3 is 1.92 bits per heavy atom. The fraction of sp³-hybridized carbons (Fsp3) is 0.419. The molecule has 1 aliphatic rings. The third-order valence-corrected chi connectivity index (χ3v) is 7.27. The zero-order chi connectivity index (χ0) is 25.7. The molecule has 0 aromatic heterocycles. The second kappa shape index (κ2) is 13.1. The van der Waals surface area contributed by atoms with Gasteiger partial charge in [-0.2, -0.15) is 4.39 Å². The maximum Gasteiger partial charge on any atom is 0.201 e. The van der Waals surface area contributed by atoms with Gasteiger partial charge in [-0.1, -0.05) is 83.6 Å². The molecule has 200 valence electrons. The minimum absolute atomic E-state index is 0. The molecule has 6 heteroatoms. The minimum atomic E-state index is -1.66. The Kier molecular flexibility index (Phi) is 10.1. The van der Waals surface area contributed by atoms with Crippen LogP contribution in [0.1, 0.15) is 71.3 Å². The Hall–Kier alpha value is -2.89. The molecule has 0 amide bonds. The molecule has 1 saturated carbocycles. The summed E-state index contributed by atoms with van der Waals surface area (Å²) in [5.41, 5.74) is 1.93. The van der Waals surface area contributed by atoms with E-state index in [0.29, 0.717) is 17.7 Å². The van der Waals surface area contributed by atoms with E-state index < -0.39 is 40.6 Å². The van der Waals surface area contributed by atoms with Gasteiger partial charge < -0.3 is 4.74 Å². The van der Waals surface area contributed by atoms with Crippen molar-refractivity contribution in [2.24, 2.45) is 11.8 Å². The number of hydrogen-bond acceptors (Lipinski definition) is 1. The predicted octanol–water partition coefficient (Wildman–Crippen LogP) is 10.4. The quantitative estimate of drug-likeness (QED) is 0.202. The first kappa shape index (κ1) is 28.7. The van der Waals surface area contributed by atoms with Crippen LogP contribution in [0, 0.1) is 40.9 Å². The van der Waals surface area contributed by atoms with E-state index in [-0.39, 0.29) is 13.0 Å². The maximum atomic E-state index is 14.7. The number of hydrogen-bond donors (Lipinski definition) is 0. The third-order valence-electron chi connectivity index (χ3n) is 7.27. The first-order chi connectivity index (χ1) is 17.4. The van der Waals surface area contributed by atoms with Crippen molar-refractivity contribution in [1.82, 2.24) is 0 Å². The molecule has 0 spiro atoms. The number of rotatable bonds is 9. The van der Waals surface area contributed by atoms with Gasteiger partial charge in [-0.15, -0.1) is 0 Å². The molecule has 0 saturated heterocycles. The van der Waals surface area contributed by atoms with Crippen molar-refractivity contribution in [1.29, 1.82) is 0 Å². The molecule has 1 aliphatic carbocycles. The van der Waals surface area contributed by atoms with Crippen molar-refractivity contribution in [3.63, 3.8) is 0 Å². The Morgan fingerprint density at radius 2 is 1.32 bits per heavy atom. The molecule has 1 fully saturated rings. The average Bonchev–Trinajstić information content (AvgIpc) is 2.88. The first-order valence-corrected chi connectivity index (χ1v) is 12.8. The molecular formula is C31H35F5O. The van der Waals surface area contributed by atoms with Crippen LogP contribution in [0.2, 0.25) is 0 Å². The Morgan fingerprint density at radius 1 is 0.730 bits per heavy atom. The van der Waals surface area contributed by atoms with Gasteiger partial charge in [0.2, 0.25) is 5.82 Å². The number of aryl methyl sites for hydroxylation is 1. The molecule has 0 aliphatic heterocycles. The van der Waals surface area contributed by atoms with Crippen LogP contribution >= 0.6 is 0 Å². The van der Waals surface area contributed by atoms with Crippen LogP contribution in [0.5, 0.6) is 11.5 Å². The molecule has 3 aromatic rings. The number of ether oxygens (including phenoxy) is 1. The van der Waals surface area contributed by atoms with Crippen LogP contribution in [0.15, 0.2) is 48.5 Å². The fourth-order valence-electron chi connectivity index (χ4n) is 5.09. The fourth-order valence-corrected chi connectivity index (χ4v) is 5.09. The number of halogens is 5. The van der Waals surface area contributed by atoms with Gasteiger partial charge in [0.25, 0.3) is 0 Å². The van der Waals surface area contributed by atoms with E-state index in [1.54, 1.807) is 12.1 Å². The van der Waals surface area contributed by atoms with Crippen molar-refractivity contribution in [2.75, 3.05) is 0 Å². The van der Waals surface area contributed by atoms with Crippen LogP contribution in [0.25, 0.3) is 11.1 Å². The van der Waals surface area contributed by atoms with Gasteiger partial charge in [-0.3, -0.25) is 0 Å². The van der Waals surface area contributed by atoms with Crippen molar-refractivity contribution < 1.29 is 26.7 Å². The van der Waals surface area contributed by atoms with Crippen LogP contribution in [-0.2, 0) is 6.42 Å². The predicted molar refractivity (Wildman–Crippen MR) is 138 cm³/mol. The summed E-state index contributed by atoms with van der Waals surface area (Å²) >= 11 is 0. The lowest BCUT2D eigenvalue weighted by Gasteiger charge is -2.28. The smallest absolute Gasteiger partial charge is 0.201 e. The summed E-state index contributed by atoms with van der Waals surface area (Å²) in [5.74, 6) is -6.46. The summed E-state index contributed by atoms with van der Waals surface area (Å²) in [4.78, 5) is 0. The molecule has 37 heavy (non-hydrogen) atoms. The molecule has 1 nitrogen and oxygen atoms in total. The highest BCUT2D eigenvalue weighted by atomic mass is 19.2. The van der Waals surface area contributed by atoms with E-state index in [9.17, 15) is 22.0 Å². The van der Waals surface area contributed by atoms with Crippen LogP contribution in [-0.4, -0.2) is 0 Å². The summed E-state index contributed by atoms with van der Waals surface area (Å²) in [7, 11) is 0. The highest BCUT2D eigenvalue weighted by molar-refractivity contribution is 5.71. The summed E-state index contributed by atoms with van der Waals surface area (Å²) in [6, 6.07) is 11.0. The van der Waals surface area contributed by atoms with Gasteiger partial charge >= 0.3 is 0 Å². The maximum absolute atomic E-state index is 14.7. The van der Waals surface area contributed by atoms with E-state index in [2.05, 4.69) is 6.92 Å². The topological polar surface area (TPSA) is 9.23 Å². The zero-order valence-corrected chi connectivity index (χ0v) is 20.4. The second-order valence-electron chi connectivity index (χ2n) is 9.81. The Balaban J connectivity index is 0.00000380. The van der Waals surface area contributed by atoms with Gasteiger partial charge in [0.05, 0.1) is 0 Å². The Labute approximate surface area is 216 Å². The third kappa shape index (κ3) is 7.12. The second-order valence-corrected chi connectivity index (χ2v) is 9.81. The molecule has 0 radical (unpaired) electrons. The van der Waals surface area contributed by atoms with E-state index in [0.717, 1.165) is 36.3 Å². The molecule has 0 atom stereocenters. The standard InChI is InChI=1S/C30H31F5O.CH4/c1-2-3-4-19-5-7-20(8-6-19)9-10-21-11-13-22(14-12-21)24-15-16-25(31)29(35)30(24)36-23-17-26(32)28(34)27(33)18-23;/h11-20H,2-10H2,1H3;1H4. The molecule has 3 aromatic carbocycles. The summed E-state index contributed by atoms with van der Waals surface area (Å²) in [5, 5.41) is 0. The summed E-state index contributed by atoms with van der Waals surface area (Å²) in [6.45, 7) is 2.24. The van der Waals surface area contributed by atoms with Crippen molar-refractivity contribution in [3.05, 3.63) is 83.2 Å². The SMILES string of the molecule is C.CCCCC1CCC(CCc2ccc(-c3ccc(F)c(F)c3Oc3cc(F)c(F)c(F)c3)cc2)CC1. The van der Waals surface area contributed by atoms with Crippen LogP contribution < -0.4 is 4.74 Å². The van der Waals surface area contributed by atoms with Gasteiger partial charge in [0.15, 0.2) is 29.0 Å². The zero-order valence-electron chi connectivity index (χ0n) is 20.4. The van der Waals surface area contributed by atoms with Crippen molar-refractivity contribution >= 4 is 0 Å². The van der Waals surface area contributed by atoms with Crippen LogP contribution in [0.4, 0.5) is 22.0 Å². The molecule has 0 bridgehead atoms. The van der Waals surface area contributed by atoms with Gasteiger partial charge in [-0.25, -0.2) is 17.6 Å². The lowest BCUT2D eigenvalue weighted by molar-refractivity contribution is 0.250. The monoisotopic (exact) mass is 518 g/mol. The molecule has 0 unspecified atom stereocenters. The average molecular weight is 519 g/mol. The normalized spacial score (nSPS) is 17.4. The molecule has 0 heterocycles. The van der Waals surface area contributed by atoms with E-state index in [1.165, 1.54) is 51.0 Å². The lowest BCUT2D eigenvalue weighted by atomic mass is 9.78. The molecular weight excluding hydrogens is 483 g/mol. The van der Waals surface area contributed by atoms with Crippen molar-refractivity contribution in [3.8, 4) is 22.6 Å². The highest BCUT2D eigenvalue weighted by Gasteiger charge is 2.22. The van der Waals surface area contributed by atoms with Crippen molar-refractivity contribution in [2.45, 2.75) is 72.1 Å². The molecule has 0 N–H and O–H groups in total. The highest BCUT2D eigenvalue weighted by Crippen LogP contribution is 2.38. The minimum Gasteiger partial charge on any atom is -0.453 e. The number of benzene rings is 3. The first-order valence-electron chi connectivity index (χ1n) is 12.8.